The van der Waals surface area contributed by atoms with Gasteiger partial charge < -0.3 is 11.1 Å². The molecule has 0 bridgehead atoms. The molecular weight excluding hydrogens is 274 g/mol. The minimum atomic E-state index is 0.329. The highest BCUT2D eigenvalue weighted by molar-refractivity contribution is 7.80. The lowest BCUT2D eigenvalue weighted by molar-refractivity contribution is 0.687. The van der Waals surface area contributed by atoms with Crippen LogP contribution in [0.1, 0.15) is 36.4 Å². The van der Waals surface area contributed by atoms with Crippen molar-refractivity contribution in [1.29, 1.82) is 0 Å². The number of nitrogens with two attached hydrogens (primary N) is 1. The highest BCUT2D eigenvalue weighted by Crippen LogP contribution is 2.27. The Morgan fingerprint density at radius 2 is 2.32 bits per heavy atom. The Morgan fingerprint density at radius 3 is 2.84 bits per heavy atom. The Balaban J connectivity index is 2.11. The van der Waals surface area contributed by atoms with Crippen molar-refractivity contribution in [1.82, 2.24) is 4.98 Å². The summed E-state index contributed by atoms with van der Waals surface area (Å²) in [5, 5.41) is 5.62. The first kappa shape index (κ1) is 14.0. The zero-order valence-corrected chi connectivity index (χ0v) is 12.4. The predicted molar refractivity (Wildman–Crippen MR) is 85.7 cm³/mol. The highest BCUT2D eigenvalue weighted by Gasteiger charge is 2.11. The van der Waals surface area contributed by atoms with Gasteiger partial charge in [-0.15, -0.1) is 11.3 Å². The number of aromatic nitrogens is 1. The van der Waals surface area contributed by atoms with Crippen molar-refractivity contribution in [2.75, 3.05) is 5.32 Å². The van der Waals surface area contributed by atoms with Crippen molar-refractivity contribution in [2.45, 2.75) is 25.8 Å². The van der Waals surface area contributed by atoms with Crippen LogP contribution < -0.4 is 11.1 Å². The van der Waals surface area contributed by atoms with Crippen LogP contribution in [0.25, 0.3) is 0 Å². The number of nitrogens with one attached hydrogen (secondary N) is 1. The van der Waals surface area contributed by atoms with Crippen molar-refractivity contribution < 1.29 is 0 Å². The maximum atomic E-state index is 5.54. The lowest BCUT2D eigenvalue weighted by atomic mass is 10.1. The maximum absolute atomic E-state index is 5.54. The van der Waals surface area contributed by atoms with Gasteiger partial charge in [0.2, 0.25) is 0 Å². The van der Waals surface area contributed by atoms with Crippen LogP contribution in [0.15, 0.2) is 35.8 Å². The average molecular weight is 291 g/mol. The Kier molecular flexibility index (Phi) is 4.87. The molecule has 0 aliphatic carbocycles. The molecule has 1 unspecified atom stereocenters. The second kappa shape index (κ2) is 6.63. The molecule has 1 atom stereocenters. The molecule has 2 rings (SSSR count). The predicted octanol–water partition coefficient (Wildman–Crippen LogP) is 3.73. The third-order valence-electron chi connectivity index (χ3n) is 2.82. The number of hydrogen-bond acceptors (Lipinski definition) is 4. The van der Waals surface area contributed by atoms with Gasteiger partial charge in [-0.1, -0.05) is 31.6 Å². The smallest absolute Gasteiger partial charge is 0.122 e. The average Bonchev–Trinajstić information content (AvgIpc) is 2.92. The summed E-state index contributed by atoms with van der Waals surface area (Å²) in [6, 6.07) is 8.40. The first-order chi connectivity index (χ1) is 9.20. The molecule has 0 spiro atoms. The minimum absolute atomic E-state index is 0.329. The molecule has 0 aliphatic heterocycles. The van der Waals surface area contributed by atoms with Gasteiger partial charge in [0.15, 0.2) is 0 Å². The van der Waals surface area contributed by atoms with Crippen molar-refractivity contribution >= 4 is 34.2 Å². The summed E-state index contributed by atoms with van der Waals surface area (Å²) >= 11 is 6.67. The third-order valence-corrected chi connectivity index (χ3v) is 4.02. The zero-order chi connectivity index (χ0) is 13.7. The van der Waals surface area contributed by atoms with Crippen molar-refractivity contribution in [2.24, 2.45) is 5.73 Å². The normalized spacial score (nSPS) is 12.1. The van der Waals surface area contributed by atoms with E-state index < -0.39 is 0 Å². The lowest BCUT2D eigenvalue weighted by Crippen LogP contribution is -2.13. The topological polar surface area (TPSA) is 50.9 Å². The number of rotatable bonds is 6. The molecule has 0 amide bonds. The van der Waals surface area contributed by atoms with Crippen LogP contribution in [0.4, 0.5) is 5.69 Å². The monoisotopic (exact) mass is 291 g/mol. The van der Waals surface area contributed by atoms with Gasteiger partial charge in [0, 0.05) is 4.88 Å². The standard InChI is InChI=1S/C14H17N3S2/c1-2-4-11(13-5-3-8-19-13)17-10-6-7-12(14(15)18)16-9-10/h3,5-9,11,17H,2,4H2,1H3,(H2,15,18). The first-order valence-electron chi connectivity index (χ1n) is 6.26. The summed E-state index contributed by atoms with van der Waals surface area (Å²) in [6.07, 6.45) is 4.01. The van der Waals surface area contributed by atoms with Gasteiger partial charge in [0.05, 0.1) is 23.6 Å². The van der Waals surface area contributed by atoms with E-state index in [1.165, 1.54) is 4.88 Å². The molecule has 0 saturated heterocycles. The summed E-state index contributed by atoms with van der Waals surface area (Å²) in [6.45, 7) is 2.19. The summed E-state index contributed by atoms with van der Waals surface area (Å²) in [7, 11) is 0. The fourth-order valence-corrected chi connectivity index (χ4v) is 2.82. The van der Waals surface area contributed by atoms with E-state index >= 15 is 0 Å². The molecule has 2 heterocycles. The molecule has 2 aromatic rings. The Bertz CT molecular complexity index is 520. The van der Waals surface area contributed by atoms with Crippen molar-refractivity contribution in [3.8, 4) is 0 Å². The maximum Gasteiger partial charge on any atom is 0.122 e. The van der Waals surface area contributed by atoms with E-state index in [0.29, 0.717) is 16.7 Å². The number of anilines is 1. The number of nitrogens with zero attached hydrogens (tertiary/aromatic N) is 1. The first-order valence-corrected chi connectivity index (χ1v) is 7.55. The van der Waals surface area contributed by atoms with E-state index in [2.05, 4.69) is 34.7 Å². The molecule has 0 aromatic carbocycles. The van der Waals surface area contributed by atoms with Gasteiger partial charge in [-0.05, 0) is 30.0 Å². The second-order valence-electron chi connectivity index (χ2n) is 4.30. The van der Waals surface area contributed by atoms with Crippen LogP contribution in [0, 0.1) is 0 Å². The molecule has 0 radical (unpaired) electrons. The fourth-order valence-electron chi connectivity index (χ4n) is 1.89. The Hall–Kier alpha value is -1.46. The molecule has 19 heavy (non-hydrogen) atoms. The molecule has 0 saturated carbocycles. The number of pyridine rings is 1. The fraction of sp³-hybridized carbons (Fsp3) is 0.286. The van der Waals surface area contributed by atoms with Crippen LogP contribution in [0.2, 0.25) is 0 Å². The molecular formula is C14H17N3S2. The largest absolute Gasteiger partial charge is 0.388 e. The molecule has 0 fully saturated rings. The van der Waals surface area contributed by atoms with Gasteiger partial charge >= 0.3 is 0 Å². The molecule has 0 aliphatic rings. The molecule has 2 aromatic heterocycles. The summed E-state index contributed by atoms with van der Waals surface area (Å²) in [5.41, 5.74) is 7.19. The summed E-state index contributed by atoms with van der Waals surface area (Å²) in [4.78, 5) is 5.92. The number of thiophene rings is 1. The van der Waals surface area contributed by atoms with Crippen molar-refractivity contribution in [3.05, 3.63) is 46.4 Å². The Labute approximate surface area is 122 Å². The lowest BCUT2D eigenvalue weighted by Gasteiger charge is -2.18. The molecule has 100 valence electrons. The van der Waals surface area contributed by atoms with E-state index in [1.54, 1.807) is 17.5 Å². The van der Waals surface area contributed by atoms with Gasteiger partial charge in [0.1, 0.15) is 4.99 Å². The van der Waals surface area contributed by atoms with Crippen LogP contribution in [-0.4, -0.2) is 9.97 Å². The summed E-state index contributed by atoms with van der Waals surface area (Å²) in [5.74, 6) is 0. The van der Waals surface area contributed by atoms with E-state index in [4.69, 9.17) is 18.0 Å². The van der Waals surface area contributed by atoms with Gasteiger partial charge in [-0.2, -0.15) is 0 Å². The van der Waals surface area contributed by atoms with Gasteiger partial charge in [-0.3, -0.25) is 4.98 Å². The SMILES string of the molecule is CCCC(Nc1ccc(C(N)=S)nc1)c1cccs1. The van der Waals surface area contributed by atoms with E-state index in [0.717, 1.165) is 18.5 Å². The molecule has 3 N–H and O–H groups in total. The second-order valence-corrected chi connectivity index (χ2v) is 5.72. The van der Waals surface area contributed by atoms with E-state index in [-0.39, 0.29) is 0 Å². The Morgan fingerprint density at radius 1 is 1.47 bits per heavy atom. The van der Waals surface area contributed by atoms with Gasteiger partial charge in [0.25, 0.3) is 0 Å². The van der Waals surface area contributed by atoms with Crippen LogP contribution in [-0.2, 0) is 0 Å². The van der Waals surface area contributed by atoms with Crippen LogP contribution in [0.5, 0.6) is 0 Å². The number of thiocarbonyl (C=S) groups is 1. The van der Waals surface area contributed by atoms with Crippen LogP contribution in [0.3, 0.4) is 0 Å². The minimum Gasteiger partial charge on any atom is -0.388 e. The quantitative estimate of drug-likeness (QED) is 0.796. The summed E-state index contributed by atoms with van der Waals surface area (Å²) < 4.78 is 0. The van der Waals surface area contributed by atoms with Crippen LogP contribution >= 0.6 is 23.6 Å². The van der Waals surface area contributed by atoms with Gasteiger partial charge in [-0.25, -0.2) is 0 Å². The zero-order valence-electron chi connectivity index (χ0n) is 10.8. The highest BCUT2D eigenvalue weighted by atomic mass is 32.1. The van der Waals surface area contributed by atoms with E-state index in [1.807, 2.05) is 12.1 Å². The number of hydrogen-bond donors (Lipinski definition) is 2. The molecule has 5 heteroatoms. The van der Waals surface area contributed by atoms with E-state index in [9.17, 15) is 0 Å². The molecule has 3 nitrogen and oxygen atoms in total. The van der Waals surface area contributed by atoms with Crippen molar-refractivity contribution in [3.63, 3.8) is 0 Å². The third kappa shape index (κ3) is 3.75.